The van der Waals surface area contributed by atoms with Gasteiger partial charge in [-0.05, 0) is 54.1 Å². The van der Waals surface area contributed by atoms with E-state index in [9.17, 15) is 4.79 Å². The van der Waals surface area contributed by atoms with Gasteiger partial charge in [0.1, 0.15) is 30.2 Å². The Morgan fingerprint density at radius 3 is 2.44 bits per heavy atom. The number of hydrogen-bond donors (Lipinski definition) is 1. The molecule has 0 aliphatic carbocycles. The molecule has 1 amide bonds. The van der Waals surface area contributed by atoms with Crippen LogP contribution in [-0.4, -0.2) is 10.9 Å². The lowest BCUT2D eigenvalue weighted by Crippen LogP contribution is -2.13. The molecule has 0 saturated carbocycles. The second kappa shape index (κ2) is 8.28. The molecule has 6 nitrogen and oxygen atoms in total. The number of hydrogen-bond acceptors (Lipinski definition) is 5. The molecule has 0 unspecified atom stereocenters. The van der Waals surface area contributed by atoms with E-state index < -0.39 is 0 Å². The third-order valence-corrected chi connectivity index (χ3v) is 3.74. The molecule has 1 N–H and O–H groups in total. The van der Waals surface area contributed by atoms with Crippen LogP contribution in [0.3, 0.4) is 0 Å². The summed E-state index contributed by atoms with van der Waals surface area (Å²) in [6.45, 7) is 0.264. The van der Waals surface area contributed by atoms with Gasteiger partial charge in [0, 0.05) is 11.9 Å². The monoisotopic (exact) mass is 354 g/mol. The number of carbonyl (C=O) groups is 1. The normalized spacial score (nSPS) is 9.70. The zero-order chi connectivity index (χ0) is 19.1. The Kier molecular flexibility index (Phi) is 5.42. The van der Waals surface area contributed by atoms with Crippen LogP contribution in [0.1, 0.15) is 27.2 Å². The zero-order valence-corrected chi connectivity index (χ0v) is 14.2. The fourth-order valence-corrected chi connectivity index (χ4v) is 2.36. The summed E-state index contributed by atoms with van der Waals surface area (Å²) >= 11 is 0. The first-order chi connectivity index (χ1) is 13.2. The van der Waals surface area contributed by atoms with Gasteiger partial charge in [-0.2, -0.15) is 10.5 Å². The van der Waals surface area contributed by atoms with Gasteiger partial charge in [0.05, 0.1) is 11.1 Å². The van der Waals surface area contributed by atoms with Gasteiger partial charge in [0.2, 0.25) is 0 Å². The van der Waals surface area contributed by atoms with Crippen LogP contribution in [0.2, 0.25) is 0 Å². The summed E-state index contributed by atoms with van der Waals surface area (Å²) < 4.78 is 5.69. The number of anilines is 1. The van der Waals surface area contributed by atoms with Crippen molar-refractivity contribution >= 4 is 11.6 Å². The van der Waals surface area contributed by atoms with E-state index in [1.165, 1.54) is 0 Å². The molecule has 0 atom stereocenters. The van der Waals surface area contributed by atoms with Crippen molar-refractivity contribution in [2.24, 2.45) is 0 Å². The van der Waals surface area contributed by atoms with Gasteiger partial charge in [0.25, 0.3) is 5.91 Å². The molecule has 1 heterocycles. The Labute approximate surface area is 156 Å². The smallest absolute Gasteiger partial charge is 0.274 e. The molecular weight excluding hydrogens is 340 g/mol. The van der Waals surface area contributed by atoms with Crippen molar-refractivity contribution in [2.75, 3.05) is 5.32 Å². The van der Waals surface area contributed by atoms with E-state index in [0.29, 0.717) is 28.3 Å². The molecule has 0 aliphatic rings. The third-order valence-electron chi connectivity index (χ3n) is 3.74. The van der Waals surface area contributed by atoms with Crippen molar-refractivity contribution in [1.82, 2.24) is 4.98 Å². The maximum absolute atomic E-state index is 12.1. The predicted octanol–water partition coefficient (Wildman–Crippen LogP) is 3.66. The lowest BCUT2D eigenvalue weighted by molar-refractivity contribution is 0.102. The summed E-state index contributed by atoms with van der Waals surface area (Å²) in [5.41, 5.74) is 2.42. The van der Waals surface area contributed by atoms with Crippen LogP contribution in [0.15, 0.2) is 66.9 Å². The van der Waals surface area contributed by atoms with Crippen LogP contribution in [0.4, 0.5) is 5.69 Å². The Bertz CT molecular complexity index is 1030. The number of pyridine rings is 1. The average Bonchev–Trinajstić information content (AvgIpc) is 2.73. The van der Waals surface area contributed by atoms with Crippen molar-refractivity contribution in [3.63, 3.8) is 0 Å². The Morgan fingerprint density at radius 2 is 1.78 bits per heavy atom. The van der Waals surface area contributed by atoms with E-state index in [-0.39, 0.29) is 12.5 Å². The lowest BCUT2D eigenvalue weighted by atomic mass is 10.1. The van der Waals surface area contributed by atoms with Crippen molar-refractivity contribution in [1.29, 1.82) is 10.5 Å². The van der Waals surface area contributed by atoms with Crippen molar-refractivity contribution < 1.29 is 9.53 Å². The molecule has 0 spiro atoms. The second-order valence-corrected chi connectivity index (χ2v) is 5.59. The zero-order valence-electron chi connectivity index (χ0n) is 14.2. The minimum absolute atomic E-state index is 0.264. The van der Waals surface area contributed by atoms with Gasteiger partial charge in [-0.15, -0.1) is 0 Å². The first-order valence-electron chi connectivity index (χ1n) is 8.08. The van der Waals surface area contributed by atoms with E-state index in [1.807, 2.05) is 12.1 Å². The van der Waals surface area contributed by atoms with Gasteiger partial charge < -0.3 is 10.1 Å². The van der Waals surface area contributed by atoms with Crippen LogP contribution < -0.4 is 10.1 Å². The Morgan fingerprint density at radius 1 is 1.00 bits per heavy atom. The highest BCUT2D eigenvalue weighted by Gasteiger charge is 2.07. The molecule has 0 radical (unpaired) electrons. The average molecular weight is 354 g/mol. The third kappa shape index (κ3) is 4.47. The first kappa shape index (κ1) is 17.7. The first-order valence-corrected chi connectivity index (χ1v) is 8.08. The van der Waals surface area contributed by atoms with E-state index in [1.54, 1.807) is 66.9 Å². The Balaban J connectivity index is 1.61. The molecule has 6 heteroatoms. The highest BCUT2D eigenvalue weighted by atomic mass is 16.5. The largest absolute Gasteiger partial charge is 0.489 e. The topological polar surface area (TPSA) is 98.8 Å². The van der Waals surface area contributed by atoms with Crippen molar-refractivity contribution in [3.05, 3.63) is 89.2 Å². The van der Waals surface area contributed by atoms with E-state index in [2.05, 4.69) is 10.3 Å². The fraction of sp³-hybridized carbons (Fsp3) is 0.0476. The molecule has 27 heavy (non-hydrogen) atoms. The summed E-state index contributed by atoms with van der Waals surface area (Å²) in [6.07, 6.45) is 1.56. The number of carbonyl (C=O) groups excluding carboxylic acids is 1. The van der Waals surface area contributed by atoms with Crippen LogP contribution in [0.25, 0.3) is 0 Å². The molecule has 0 aliphatic heterocycles. The van der Waals surface area contributed by atoms with E-state index >= 15 is 0 Å². The Hall–Kier alpha value is -4.16. The molecule has 2 aromatic carbocycles. The van der Waals surface area contributed by atoms with Gasteiger partial charge in [-0.3, -0.25) is 9.78 Å². The molecule has 1 aromatic heterocycles. The van der Waals surface area contributed by atoms with Crippen LogP contribution >= 0.6 is 0 Å². The summed E-state index contributed by atoms with van der Waals surface area (Å²) in [6, 6.07) is 21.1. The minimum atomic E-state index is -0.286. The standard InChI is InChI=1S/C21H14N4O2/c22-12-16-5-4-15(11-17(16)13-23)14-27-19-8-6-18(7-9-19)25-21(26)20-3-1-2-10-24-20/h1-11H,14H2,(H,25,26). The number of amides is 1. The number of nitriles is 2. The van der Waals surface area contributed by atoms with Gasteiger partial charge >= 0.3 is 0 Å². The van der Waals surface area contributed by atoms with Crippen LogP contribution in [0.5, 0.6) is 5.75 Å². The number of nitrogens with one attached hydrogen (secondary N) is 1. The van der Waals surface area contributed by atoms with Crippen LogP contribution in [0, 0.1) is 22.7 Å². The van der Waals surface area contributed by atoms with Gasteiger partial charge in [0.15, 0.2) is 0 Å². The summed E-state index contributed by atoms with van der Waals surface area (Å²) in [5.74, 6) is 0.333. The molecule has 0 bridgehead atoms. The molecule has 0 fully saturated rings. The maximum Gasteiger partial charge on any atom is 0.274 e. The van der Waals surface area contributed by atoms with Gasteiger partial charge in [-0.25, -0.2) is 0 Å². The van der Waals surface area contributed by atoms with Gasteiger partial charge in [-0.1, -0.05) is 12.1 Å². The molecular formula is C21H14N4O2. The molecule has 130 valence electrons. The van der Waals surface area contributed by atoms with Crippen molar-refractivity contribution in [2.45, 2.75) is 6.61 Å². The maximum atomic E-state index is 12.1. The highest BCUT2D eigenvalue weighted by molar-refractivity contribution is 6.02. The number of nitrogens with zero attached hydrogens (tertiary/aromatic N) is 3. The second-order valence-electron chi connectivity index (χ2n) is 5.59. The fourth-order valence-electron chi connectivity index (χ4n) is 2.36. The molecule has 3 rings (SSSR count). The number of rotatable bonds is 5. The highest BCUT2D eigenvalue weighted by Crippen LogP contribution is 2.18. The quantitative estimate of drug-likeness (QED) is 0.754. The number of ether oxygens (including phenoxy) is 1. The molecule has 3 aromatic rings. The van der Waals surface area contributed by atoms with E-state index in [4.69, 9.17) is 15.3 Å². The summed E-state index contributed by atoms with van der Waals surface area (Å²) in [4.78, 5) is 16.1. The van der Waals surface area contributed by atoms with Crippen molar-refractivity contribution in [3.8, 4) is 17.9 Å². The summed E-state index contributed by atoms with van der Waals surface area (Å²) in [7, 11) is 0. The predicted molar refractivity (Wildman–Crippen MR) is 98.8 cm³/mol. The lowest BCUT2D eigenvalue weighted by Gasteiger charge is -2.09. The minimum Gasteiger partial charge on any atom is -0.489 e. The summed E-state index contributed by atoms with van der Waals surface area (Å²) in [5, 5.41) is 20.8. The number of benzene rings is 2. The van der Waals surface area contributed by atoms with E-state index in [0.717, 1.165) is 5.56 Å². The molecule has 0 saturated heterocycles. The SMILES string of the molecule is N#Cc1ccc(COc2ccc(NC(=O)c3ccccn3)cc2)cc1C#N. The number of aromatic nitrogens is 1. The van der Waals surface area contributed by atoms with Crippen LogP contribution in [-0.2, 0) is 6.61 Å².